The van der Waals surface area contributed by atoms with Gasteiger partial charge in [-0.15, -0.1) is 0 Å². The van der Waals surface area contributed by atoms with E-state index in [1.807, 2.05) is 0 Å². The number of halogens is 2. The monoisotopic (exact) mass is 367 g/mol. The highest BCUT2D eigenvalue weighted by molar-refractivity contribution is 6.35. The molecule has 0 bridgehead atoms. The summed E-state index contributed by atoms with van der Waals surface area (Å²) < 4.78 is 10.7. The van der Waals surface area contributed by atoms with Gasteiger partial charge in [0, 0.05) is 15.6 Å². The molecule has 2 aromatic carbocycles. The van der Waals surface area contributed by atoms with Crippen LogP contribution in [-0.4, -0.2) is 18.0 Å². The molecule has 0 aliphatic heterocycles. The highest BCUT2D eigenvalue weighted by Crippen LogP contribution is 2.25. The van der Waals surface area contributed by atoms with Crippen LogP contribution in [0, 0.1) is 0 Å². The van der Waals surface area contributed by atoms with Gasteiger partial charge in [0.05, 0.1) is 0 Å². The molecule has 2 aromatic rings. The smallest absolute Gasteiger partial charge is 0.342 e. The highest BCUT2D eigenvalue weighted by atomic mass is 35.5. The van der Waals surface area contributed by atoms with Crippen molar-refractivity contribution in [2.45, 2.75) is 19.6 Å². The molecule has 5 nitrogen and oxygen atoms in total. The number of hydrogen-bond acceptors (Lipinski definition) is 4. The van der Waals surface area contributed by atoms with E-state index in [1.54, 1.807) is 36.4 Å². The van der Waals surface area contributed by atoms with Crippen LogP contribution in [0.15, 0.2) is 42.5 Å². The maximum Gasteiger partial charge on any atom is 0.342 e. The van der Waals surface area contributed by atoms with Crippen molar-refractivity contribution < 1.29 is 19.1 Å². The molecule has 0 heterocycles. The summed E-state index contributed by atoms with van der Waals surface area (Å²) in [5.74, 6) is -1.11. The fraction of sp³-hybridized carbons (Fsp3) is 0.176. The fourth-order valence-electron chi connectivity index (χ4n) is 1.84. The van der Waals surface area contributed by atoms with E-state index < -0.39 is 18.0 Å². The lowest BCUT2D eigenvalue weighted by molar-refractivity contribution is -0.125. The second kappa shape index (κ2) is 8.04. The Labute approximate surface area is 149 Å². The predicted octanol–water partition coefficient (Wildman–Crippen LogP) is 3.60. The summed E-state index contributed by atoms with van der Waals surface area (Å²) in [5.41, 5.74) is 6.00. The van der Waals surface area contributed by atoms with E-state index in [9.17, 15) is 9.59 Å². The first-order valence-corrected chi connectivity index (χ1v) is 7.80. The van der Waals surface area contributed by atoms with Gasteiger partial charge in [0.1, 0.15) is 17.9 Å². The van der Waals surface area contributed by atoms with Crippen LogP contribution < -0.4 is 10.5 Å². The Kier molecular flexibility index (Phi) is 6.06. The van der Waals surface area contributed by atoms with Gasteiger partial charge >= 0.3 is 5.97 Å². The molecule has 126 valence electrons. The third-order valence-corrected chi connectivity index (χ3v) is 3.78. The molecule has 24 heavy (non-hydrogen) atoms. The lowest BCUT2D eigenvalue weighted by Crippen LogP contribution is -2.30. The minimum absolute atomic E-state index is 0.145. The number of carbonyl (C=O) groups excluding carboxylic acids is 2. The first-order chi connectivity index (χ1) is 11.4. The zero-order valence-electron chi connectivity index (χ0n) is 12.8. The van der Waals surface area contributed by atoms with Crippen LogP contribution in [0.5, 0.6) is 5.75 Å². The highest BCUT2D eigenvalue weighted by Gasteiger charge is 2.19. The van der Waals surface area contributed by atoms with Crippen molar-refractivity contribution in [3.63, 3.8) is 0 Å². The maximum atomic E-state index is 12.1. The second-order valence-corrected chi connectivity index (χ2v) is 5.81. The second-order valence-electron chi connectivity index (χ2n) is 4.97. The van der Waals surface area contributed by atoms with Crippen LogP contribution in [0.25, 0.3) is 0 Å². The van der Waals surface area contributed by atoms with E-state index in [0.717, 1.165) is 5.56 Å². The molecule has 0 spiro atoms. The van der Waals surface area contributed by atoms with Crippen LogP contribution in [0.1, 0.15) is 22.8 Å². The molecule has 0 aliphatic carbocycles. The first kappa shape index (κ1) is 18.1. The van der Waals surface area contributed by atoms with E-state index in [2.05, 4.69) is 0 Å². The van der Waals surface area contributed by atoms with Crippen molar-refractivity contribution >= 4 is 35.1 Å². The Morgan fingerprint density at radius 2 is 1.88 bits per heavy atom. The zero-order valence-corrected chi connectivity index (χ0v) is 14.3. The molecule has 0 aliphatic rings. The topological polar surface area (TPSA) is 78.6 Å². The van der Waals surface area contributed by atoms with Crippen molar-refractivity contribution in [1.29, 1.82) is 0 Å². The SMILES string of the molecule is CC(OC(=O)c1ccccc1OCc1ccc(Cl)cc1Cl)C(N)=O. The Hall–Kier alpha value is -2.24. The number of ether oxygens (including phenoxy) is 2. The van der Waals surface area contributed by atoms with Crippen LogP contribution in [-0.2, 0) is 16.1 Å². The molecular formula is C17H15Cl2NO4. The fourth-order valence-corrected chi connectivity index (χ4v) is 2.30. The maximum absolute atomic E-state index is 12.1. The number of amides is 1. The minimum Gasteiger partial charge on any atom is -0.488 e. The summed E-state index contributed by atoms with van der Waals surface area (Å²) in [4.78, 5) is 23.2. The molecular weight excluding hydrogens is 353 g/mol. The number of nitrogens with two attached hydrogens (primary N) is 1. The van der Waals surface area contributed by atoms with E-state index in [4.69, 9.17) is 38.4 Å². The normalized spacial score (nSPS) is 11.6. The standard InChI is InChI=1S/C17H15Cl2NO4/c1-10(16(20)21)24-17(22)13-4-2-3-5-15(13)23-9-11-6-7-12(18)8-14(11)19/h2-8,10H,9H2,1H3,(H2,20,21). The molecule has 0 saturated carbocycles. The van der Waals surface area contributed by atoms with Gasteiger partial charge in [-0.05, 0) is 31.2 Å². The van der Waals surface area contributed by atoms with Gasteiger partial charge in [-0.2, -0.15) is 0 Å². The summed E-state index contributed by atoms with van der Waals surface area (Å²) >= 11 is 11.9. The quantitative estimate of drug-likeness (QED) is 0.791. The Morgan fingerprint density at radius 1 is 1.17 bits per heavy atom. The summed E-state index contributed by atoms with van der Waals surface area (Å²) in [6.07, 6.45) is -1.03. The number of esters is 1. The van der Waals surface area contributed by atoms with Crippen molar-refractivity contribution in [2.24, 2.45) is 5.73 Å². The number of primary amides is 1. The average molecular weight is 368 g/mol. The van der Waals surface area contributed by atoms with E-state index in [-0.39, 0.29) is 12.2 Å². The zero-order chi connectivity index (χ0) is 17.7. The third-order valence-electron chi connectivity index (χ3n) is 3.19. The number of rotatable bonds is 6. The van der Waals surface area contributed by atoms with Gasteiger partial charge in [0.25, 0.3) is 5.91 Å². The summed E-state index contributed by atoms with van der Waals surface area (Å²) in [6, 6.07) is 11.6. The summed E-state index contributed by atoms with van der Waals surface area (Å²) in [7, 11) is 0. The Bertz CT molecular complexity index is 764. The third kappa shape index (κ3) is 4.63. The van der Waals surface area contributed by atoms with E-state index >= 15 is 0 Å². The molecule has 0 radical (unpaired) electrons. The summed E-state index contributed by atoms with van der Waals surface area (Å²) in [5, 5.41) is 0.984. The Morgan fingerprint density at radius 3 is 2.54 bits per heavy atom. The van der Waals surface area contributed by atoms with Gasteiger partial charge in [-0.1, -0.05) is 41.4 Å². The van der Waals surface area contributed by atoms with Gasteiger partial charge in [0.2, 0.25) is 0 Å². The number of hydrogen-bond donors (Lipinski definition) is 1. The van der Waals surface area contributed by atoms with Crippen molar-refractivity contribution in [1.82, 2.24) is 0 Å². The van der Waals surface area contributed by atoms with Crippen LogP contribution in [0.4, 0.5) is 0 Å². The number of para-hydroxylation sites is 1. The number of carbonyl (C=O) groups is 2. The van der Waals surface area contributed by atoms with Gasteiger partial charge in [-0.25, -0.2) is 4.79 Å². The lowest BCUT2D eigenvalue weighted by Gasteiger charge is -2.14. The molecule has 0 aromatic heterocycles. The molecule has 1 unspecified atom stereocenters. The van der Waals surface area contributed by atoms with Gasteiger partial charge in [-0.3, -0.25) is 4.79 Å². The molecule has 7 heteroatoms. The van der Waals surface area contributed by atoms with Gasteiger partial charge < -0.3 is 15.2 Å². The van der Waals surface area contributed by atoms with E-state index in [0.29, 0.717) is 15.8 Å². The van der Waals surface area contributed by atoms with Crippen molar-refractivity contribution in [2.75, 3.05) is 0 Å². The largest absolute Gasteiger partial charge is 0.488 e. The average Bonchev–Trinajstić information content (AvgIpc) is 2.54. The van der Waals surface area contributed by atoms with Crippen molar-refractivity contribution in [3.8, 4) is 5.75 Å². The van der Waals surface area contributed by atoms with Crippen molar-refractivity contribution in [3.05, 3.63) is 63.6 Å². The van der Waals surface area contributed by atoms with E-state index in [1.165, 1.54) is 13.0 Å². The first-order valence-electron chi connectivity index (χ1n) is 7.04. The predicted molar refractivity (Wildman–Crippen MR) is 91.3 cm³/mol. The van der Waals surface area contributed by atoms with Gasteiger partial charge in [0.15, 0.2) is 6.10 Å². The molecule has 0 fully saturated rings. The van der Waals surface area contributed by atoms with Crippen LogP contribution >= 0.6 is 23.2 Å². The summed E-state index contributed by atoms with van der Waals surface area (Å²) in [6.45, 7) is 1.54. The molecule has 0 saturated heterocycles. The Balaban J connectivity index is 2.14. The molecule has 2 N–H and O–H groups in total. The molecule has 1 atom stereocenters. The van der Waals surface area contributed by atoms with Crippen LogP contribution in [0.2, 0.25) is 10.0 Å². The lowest BCUT2D eigenvalue weighted by atomic mass is 10.2. The molecule has 1 amide bonds. The van der Waals surface area contributed by atoms with Crippen LogP contribution in [0.3, 0.4) is 0 Å². The molecule has 2 rings (SSSR count). The number of benzene rings is 2. The minimum atomic E-state index is -1.03.